The van der Waals surface area contributed by atoms with Crippen molar-refractivity contribution in [2.24, 2.45) is 5.92 Å². The van der Waals surface area contributed by atoms with Crippen LogP contribution in [0.5, 0.6) is 0 Å². The van der Waals surface area contributed by atoms with Gasteiger partial charge in [-0.25, -0.2) is 4.98 Å². The van der Waals surface area contributed by atoms with Gasteiger partial charge in [-0.1, -0.05) is 23.7 Å². The van der Waals surface area contributed by atoms with Gasteiger partial charge in [-0.2, -0.15) is 5.10 Å². The van der Waals surface area contributed by atoms with Crippen LogP contribution in [-0.4, -0.2) is 52.8 Å². The van der Waals surface area contributed by atoms with Gasteiger partial charge >= 0.3 is 0 Å². The second kappa shape index (κ2) is 7.37. The molecule has 0 radical (unpaired) electrons. The molecule has 1 saturated carbocycles. The minimum atomic E-state index is 0.109. The van der Waals surface area contributed by atoms with E-state index in [1.165, 1.54) is 12.8 Å². The molecule has 1 aliphatic heterocycles. The summed E-state index contributed by atoms with van der Waals surface area (Å²) in [5.41, 5.74) is 0.935. The number of aromatic amines is 1. The number of ether oxygens (including phenoxy) is 1. The molecule has 2 aromatic rings. The van der Waals surface area contributed by atoms with Gasteiger partial charge in [0.2, 0.25) is 5.91 Å². The maximum Gasteiger partial charge on any atom is 0.227 e. The Hall–Kier alpha value is -1.92. The Bertz CT molecular complexity index is 789. The molecule has 4 rings (SSSR count). The first-order valence-corrected chi connectivity index (χ1v) is 9.45. The number of hydrogen-bond donors (Lipinski definition) is 1. The van der Waals surface area contributed by atoms with Crippen molar-refractivity contribution in [1.29, 1.82) is 0 Å². The maximum atomic E-state index is 12.8. The summed E-state index contributed by atoms with van der Waals surface area (Å²) in [7, 11) is 1.70. The predicted octanol–water partition coefficient (Wildman–Crippen LogP) is 2.77. The Morgan fingerprint density at radius 3 is 2.96 bits per heavy atom. The molecule has 1 N–H and O–H groups in total. The highest BCUT2D eigenvalue weighted by Gasteiger charge is 2.39. The summed E-state index contributed by atoms with van der Waals surface area (Å²) in [6.45, 7) is 1.93. The summed E-state index contributed by atoms with van der Waals surface area (Å²) < 4.78 is 5.39. The van der Waals surface area contributed by atoms with Crippen LogP contribution in [0.3, 0.4) is 0 Å². The first-order valence-electron chi connectivity index (χ1n) is 9.07. The van der Waals surface area contributed by atoms with Crippen LogP contribution in [0.4, 0.5) is 0 Å². The fourth-order valence-corrected chi connectivity index (χ4v) is 3.89. The molecule has 0 unspecified atom stereocenters. The van der Waals surface area contributed by atoms with Gasteiger partial charge in [0.05, 0.1) is 13.0 Å². The number of nitrogens with zero attached hydrogens (tertiary/aromatic N) is 3. The Labute approximate surface area is 157 Å². The average molecular weight is 375 g/mol. The van der Waals surface area contributed by atoms with Crippen molar-refractivity contribution in [1.82, 2.24) is 20.1 Å². The quantitative estimate of drug-likeness (QED) is 0.843. The minimum absolute atomic E-state index is 0.109. The lowest BCUT2D eigenvalue weighted by molar-refractivity contribution is -0.129. The third-order valence-corrected chi connectivity index (χ3v) is 5.47. The minimum Gasteiger partial charge on any atom is -0.384 e. The molecule has 0 spiro atoms. The van der Waals surface area contributed by atoms with Gasteiger partial charge in [-0.3, -0.25) is 9.89 Å². The summed E-state index contributed by atoms with van der Waals surface area (Å²) in [4.78, 5) is 19.4. The van der Waals surface area contributed by atoms with Crippen molar-refractivity contribution < 1.29 is 9.53 Å². The summed E-state index contributed by atoms with van der Waals surface area (Å²) in [6.07, 6.45) is 2.71. The highest BCUT2D eigenvalue weighted by Crippen LogP contribution is 2.39. The van der Waals surface area contributed by atoms with Crippen molar-refractivity contribution in [3.05, 3.63) is 46.5 Å². The highest BCUT2D eigenvalue weighted by atomic mass is 35.5. The Morgan fingerprint density at radius 2 is 2.23 bits per heavy atom. The average Bonchev–Trinajstić information content (AvgIpc) is 3.19. The van der Waals surface area contributed by atoms with Gasteiger partial charge < -0.3 is 9.64 Å². The molecule has 6 nitrogen and oxygen atoms in total. The third kappa shape index (κ3) is 3.76. The number of nitrogens with one attached hydrogen (secondary N) is 1. The standard InChI is InChI=1S/C19H23ClN4O2/c1-26-11-14-9-24(17(25)8-12-3-2-4-15(20)7-12)10-16(14)19-21-18(22-23-19)13-5-6-13/h2-4,7,13-14,16H,5-6,8-11H2,1H3,(H,21,22,23)/t14-,16+/m0/s1. The van der Waals surface area contributed by atoms with Gasteiger partial charge in [0.1, 0.15) is 5.82 Å². The molecule has 1 aromatic heterocycles. The lowest BCUT2D eigenvalue weighted by atomic mass is 9.96. The van der Waals surface area contributed by atoms with Crippen molar-refractivity contribution in [2.45, 2.75) is 31.1 Å². The zero-order valence-electron chi connectivity index (χ0n) is 14.8. The zero-order chi connectivity index (χ0) is 18.1. The van der Waals surface area contributed by atoms with E-state index in [0.29, 0.717) is 37.1 Å². The first kappa shape index (κ1) is 17.5. The van der Waals surface area contributed by atoms with E-state index in [2.05, 4.69) is 10.2 Å². The maximum absolute atomic E-state index is 12.8. The Balaban J connectivity index is 1.46. The first-order chi connectivity index (χ1) is 12.6. The number of methoxy groups -OCH3 is 1. The molecule has 2 heterocycles. The third-order valence-electron chi connectivity index (χ3n) is 5.23. The second-order valence-corrected chi connectivity index (χ2v) is 7.72. The summed E-state index contributed by atoms with van der Waals surface area (Å²) in [5, 5.41) is 8.13. The van der Waals surface area contributed by atoms with Crippen LogP contribution in [0.25, 0.3) is 0 Å². The van der Waals surface area contributed by atoms with E-state index in [9.17, 15) is 4.79 Å². The number of halogens is 1. The largest absolute Gasteiger partial charge is 0.384 e. The molecule has 2 aliphatic rings. The van der Waals surface area contributed by atoms with E-state index < -0.39 is 0 Å². The van der Waals surface area contributed by atoms with E-state index in [1.54, 1.807) is 7.11 Å². The second-order valence-electron chi connectivity index (χ2n) is 7.28. The van der Waals surface area contributed by atoms with E-state index in [4.69, 9.17) is 21.3 Å². The number of hydrogen-bond acceptors (Lipinski definition) is 4. The van der Waals surface area contributed by atoms with Crippen molar-refractivity contribution in [3.8, 4) is 0 Å². The number of likely N-dealkylation sites (tertiary alicyclic amines) is 1. The van der Waals surface area contributed by atoms with Gasteiger partial charge in [-0.15, -0.1) is 0 Å². The molecule has 7 heteroatoms. The number of aromatic nitrogens is 3. The van der Waals surface area contributed by atoms with Gasteiger partial charge in [-0.05, 0) is 30.5 Å². The number of carbonyl (C=O) groups excluding carboxylic acids is 1. The molecule has 1 aliphatic carbocycles. The molecular weight excluding hydrogens is 352 g/mol. The molecule has 1 amide bonds. The summed E-state index contributed by atoms with van der Waals surface area (Å²) >= 11 is 6.03. The van der Waals surface area contributed by atoms with Crippen molar-refractivity contribution in [3.63, 3.8) is 0 Å². The van der Waals surface area contributed by atoms with Crippen LogP contribution in [0.2, 0.25) is 5.02 Å². The lowest BCUT2D eigenvalue weighted by Gasteiger charge is -2.16. The molecule has 0 bridgehead atoms. The van der Waals surface area contributed by atoms with Gasteiger partial charge in [0.15, 0.2) is 5.82 Å². The number of amides is 1. The SMILES string of the molecule is COC[C@@H]1CN(C(=O)Cc2cccc(Cl)c2)C[C@H]1c1nc(C2CC2)n[nH]1. The van der Waals surface area contributed by atoms with Gasteiger partial charge in [0, 0.05) is 43.0 Å². The fraction of sp³-hybridized carbons (Fsp3) is 0.526. The number of benzene rings is 1. The number of carbonyl (C=O) groups is 1. The number of H-pyrrole nitrogens is 1. The molecule has 1 aromatic carbocycles. The topological polar surface area (TPSA) is 71.1 Å². The Morgan fingerprint density at radius 1 is 1.38 bits per heavy atom. The highest BCUT2D eigenvalue weighted by molar-refractivity contribution is 6.30. The normalized spacial score (nSPS) is 22.8. The van der Waals surface area contributed by atoms with Crippen LogP contribution in [-0.2, 0) is 16.0 Å². The molecule has 26 heavy (non-hydrogen) atoms. The van der Waals surface area contributed by atoms with Crippen molar-refractivity contribution >= 4 is 17.5 Å². The van der Waals surface area contributed by atoms with E-state index in [1.807, 2.05) is 29.2 Å². The van der Waals surface area contributed by atoms with Crippen molar-refractivity contribution in [2.75, 3.05) is 26.8 Å². The number of rotatable bonds is 6. The van der Waals surface area contributed by atoms with E-state index in [-0.39, 0.29) is 17.7 Å². The van der Waals surface area contributed by atoms with Crippen LogP contribution >= 0.6 is 11.6 Å². The summed E-state index contributed by atoms with van der Waals surface area (Å²) in [5.74, 6) is 2.79. The van der Waals surface area contributed by atoms with Crippen LogP contribution in [0.1, 0.15) is 41.9 Å². The van der Waals surface area contributed by atoms with E-state index in [0.717, 1.165) is 17.2 Å². The van der Waals surface area contributed by atoms with E-state index >= 15 is 0 Å². The van der Waals surface area contributed by atoms with Crippen LogP contribution in [0.15, 0.2) is 24.3 Å². The monoisotopic (exact) mass is 374 g/mol. The summed E-state index contributed by atoms with van der Waals surface area (Å²) in [6, 6.07) is 7.47. The lowest BCUT2D eigenvalue weighted by Crippen LogP contribution is -2.30. The smallest absolute Gasteiger partial charge is 0.227 e. The molecule has 138 valence electrons. The van der Waals surface area contributed by atoms with Crippen LogP contribution in [0, 0.1) is 5.92 Å². The zero-order valence-corrected chi connectivity index (χ0v) is 15.6. The molecule has 1 saturated heterocycles. The molecular formula is C19H23ClN4O2. The predicted molar refractivity (Wildman–Crippen MR) is 98.2 cm³/mol. The van der Waals surface area contributed by atoms with Crippen LogP contribution < -0.4 is 0 Å². The van der Waals surface area contributed by atoms with Gasteiger partial charge in [0.25, 0.3) is 0 Å². The molecule has 2 atom stereocenters. The fourth-order valence-electron chi connectivity index (χ4n) is 3.68. The molecule has 2 fully saturated rings. The Kier molecular flexibility index (Phi) is 4.96.